The van der Waals surface area contributed by atoms with Gasteiger partial charge in [0.15, 0.2) is 10.9 Å². The molecule has 2 aromatic rings. The van der Waals surface area contributed by atoms with Crippen LogP contribution in [0.25, 0.3) is 0 Å². The van der Waals surface area contributed by atoms with E-state index in [1.807, 2.05) is 6.92 Å². The van der Waals surface area contributed by atoms with E-state index in [0.29, 0.717) is 17.4 Å². The fourth-order valence-electron chi connectivity index (χ4n) is 3.07. The number of nitrogens with one attached hydrogen (secondary N) is 1. The molecule has 1 N–H and O–H groups in total. The minimum Gasteiger partial charge on any atom is -0.321 e. The zero-order chi connectivity index (χ0) is 20.3. The minimum absolute atomic E-state index is 0.0105. The average molecular weight is 441 g/mol. The normalized spacial score (nSPS) is 18.0. The van der Waals surface area contributed by atoms with Crippen LogP contribution in [0.5, 0.6) is 0 Å². The molecule has 7 nitrogen and oxygen atoms in total. The van der Waals surface area contributed by atoms with Gasteiger partial charge in [-0.3, -0.25) is 4.79 Å². The van der Waals surface area contributed by atoms with Crippen LogP contribution in [-0.2, 0) is 10.0 Å². The molecule has 1 aliphatic heterocycles. The number of sulfonamides is 1. The summed E-state index contributed by atoms with van der Waals surface area (Å²) in [4.78, 5) is 20.8. The van der Waals surface area contributed by atoms with Gasteiger partial charge in [-0.25, -0.2) is 18.4 Å². The van der Waals surface area contributed by atoms with Gasteiger partial charge in [0.25, 0.3) is 5.91 Å². The standard InChI is InChI=1S/C18H21ClN4O3S2/c1-12-5-3-4-10-23(12)28(25,26)14-8-6-13(7-9-14)21-17(24)16-15(19)11-20-18(22-16)27-2/h6-9,11-12H,3-5,10H2,1-2H3,(H,21,24)/t12-/m1/s1. The van der Waals surface area contributed by atoms with Crippen molar-refractivity contribution in [2.75, 3.05) is 18.1 Å². The molecule has 1 aromatic heterocycles. The molecule has 1 atom stereocenters. The van der Waals surface area contributed by atoms with Crippen LogP contribution in [0.2, 0.25) is 5.02 Å². The smallest absolute Gasteiger partial charge is 0.275 e. The van der Waals surface area contributed by atoms with Crippen molar-refractivity contribution >= 4 is 45.0 Å². The first-order valence-corrected chi connectivity index (χ1v) is 11.9. The summed E-state index contributed by atoms with van der Waals surface area (Å²) < 4.78 is 27.3. The number of rotatable bonds is 5. The quantitative estimate of drug-likeness (QED) is 0.563. The topological polar surface area (TPSA) is 92.3 Å². The van der Waals surface area contributed by atoms with Crippen molar-refractivity contribution in [2.45, 2.75) is 42.3 Å². The van der Waals surface area contributed by atoms with Gasteiger partial charge in [0.1, 0.15) is 0 Å². The molecule has 1 saturated heterocycles. The number of anilines is 1. The van der Waals surface area contributed by atoms with E-state index in [1.165, 1.54) is 30.1 Å². The summed E-state index contributed by atoms with van der Waals surface area (Å²) in [5.74, 6) is -0.483. The number of nitrogens with zero attached hydrogens (tertiary/aromatic N) is 3. The second kappa shape index (κ2) is 8.77. The van der Waals surface area contributed by atoms with E-state index >= 15 is 0 Å². The monoisotopic (exact) mass is 440 g/mol. The molecule has 10 heteroatoms. The molecule has 0 spiro atoms. The first-order valence-electron chi connectivity index (χ1n) is 8.82. The largest absolute Gasteiger partial charge is 0.321 e. The molecule has 0 radical (unpaired) electrons. The highest BCUT2D eigenvalue weighted by molar-refractivity contribution is 7.98. The lowest BCUT2D eigenvalue weighted by Gasteiger charge is -2.32. The zero-order valence-corrected chi connectivity index (χ0v) is 17.9. The Labute approximate surface area is 173 Å². The fraction of sp³-hybridized carbons (Fsp3) is 0.389. The molecule has 1 aliphatic rings. The van der Waals surface area contributed by atoms with E-state index < -0.39 is 15.9 Å². The number of benzene rings is 1. The lowest BCUT2D eigenvalue weighted by Crippen LogP contribution is -2.41. The molecule has 150 valence electrons. The number of hydrogen-bond donors (Lipinski definition) is 1. The van der Waals surface area contributed by atoms with Gasteiger partial charge in [-0.15, -0.1) is 0 Å². The van der Waals surface area contributed by atoms with Crippen LogP contribution >= 0.6 is 23.4 Å². The number of piperidine rings is 1. The van der Waals surface area contributed by atoms with Crippen LogP contribution in [0.1, 0.15) is 36.7 Å². The summed E-state index contributed by atoms with van der Waals surface area (Å²) in [5.41, 5.74) is 0.524. The first kappa shape index (κ1) is 21.0. The second-order valence-corrected chi connectivity index (χ2v) is 9.56. The molecule has 2 heterocycles. The Kier molecular flexibility index (Phi) is 6.59. The highest BCUT2D eigenvalue weighted by atomic mass is 35.5. The van der Waals surface area contributed by atoms with Crippen molar-refractivity contribution < 1.29 is 13.2 Å². The third-order valence-electron chi connectivity index (χ3n) is 4.58. The SMILES string of the molecule is CSc1ncc(Cl)c(C(=O)Nc2ccc(S(=O)(=O)N3CCCC[C@H]3C)cc2)n1. The van der Waals surface area contributed by atoms with Gasteiger partial charge >= 0.3 is 0 Å². The maximum absolute atomic E-state index is 12.9. The minimum atomic E-state index is -3.55. The maximum atomic E-state index is 12.9. The summed E-state index contributed by atoms with van der Waals surface area (Å²) in [6.07, 6.45) is 5.96. The van der Waals surface area contributed by atoms with Crippen molar-refractivity contribution in [1.82, 2.24) is 14.3 Å². The van der Waals surface area contributed by atoms with Gasteiger partial charge in [-0.05, 0) is 50.3 Å². The van der Waals surface area contributed by atoms with Gasteiger partial charge < -0.3 is 5.32 Å². The molecule has 28 heavy (non-hydrogen) atoms. The number of thioether (sulfide) groups is 1. The molecule has 0 saturated carbocycles. The number of carbonyl (C=O) groups excluding carboxylic acids is 1. The Balaban J connectivity index is 1.77. The van der Waals surface area contributed by atoms with Crippen LogP contribution in [0.15, 0.2) is 40.5 Å². The molecule has 0 unspecified atom stereocenters. The zero-order valence-electron chi connectivity index (χ0n) is 15.6. The van der Waals surface area contributed by atoms with Crippen molar-refractivity contribution in [2.24, 2.45) is 0 Å². The first-order chi connectivity index (χ1) is 13.3. The molecule has 0 aliphatic carbocycles. The Morgan fingerprint density at radius 3 is 2.64 bits per heavy atom. The van der Waals surface area contributed by atoms with Gasteiger partial charge in [0.05, 0.1) is 16.1 Å². The number of halogens is 1. The van der Waals surface area contributed by atoms with Gasteiger partial charge in [-0.1, -0.05) is 29.8 Å². The summed E-state index contributed by atoms with van der Waals surface area (Å²) in [6.45, 7) is 2.46. The summed E-state index contributed by atoms with van der Waals surface area (Å²) in [6, 6.07) is 6.11. The summed E-state index contributed by atoms with van der Waals surface area (Å²) >= 11 is 7.32. The molecular formula is C18H21ClN4O3S2. The predicted octanol–water partition coefficient (Wildman–Crippen LogP) is 3.67. The summed E-state index contributed by atoms with van der Waals surface area (Å²) in [7, 11) is -3.55. The van der Waals surface area contributed by atoms with E-state index in [2.05, 4.69) is 15.3 Å². The Hall–Kier alpha value is -1.68. The summed E-state index contributed by atoms with van der Waals surface area (Å²) in [5, 5.41) is 3.27. The third-order valence-corrected chi connectivity index (χ3v) is 7.45. The van der Waals surface area contributed by atoms with E-state index in [4.69, 9.17) is 11.6 Å². The van der Waals surface area contributed by atoms with Gasteiger partial charge in [-0.2, -0.15) is 4.31 Å². The van der Waals surface area contributed by atoms with E-state index in [0.717, 1.165) is 19.3 Å². The number of aromatic nitrogens is 2. The van der Waals surface area contributed by atoms with Crippen LogP contribution in [-0.4, -0.2) is 47.4 Å². The van der Waals surface area contributed by atoms with Gasteiger partial charge in [0.2, 0.25) is 10.0 Å². The van der Waals surface area contributed by atoms with Crippen LogP contribution in [0.3, 0.4) is 0 Å². The lowest BCUT2D eigenvalue weighted by atomic mass is 10.1. The molecule has 1 fully saturated rings. The number of carbonyl (C=O) groups is 1. The van der Waals surface area contributed by atoms with Gasteiger partial charge in [0, 0.05) is 18.3 Å². The third kappa shape index (κ3) is 4.48. The molecular weight excluding hydrogens is 420 g/mol. The lowest BCUT2D eigenvalue weighted by molar-refractivity contribution is 0.102. The van der Waals surface area contributed by atoms with E-state index in [9.17, 15) is 13.2 Å². The second-order valence-electron chi connectivity index (χ2n) is 6.49. The van der Waals surface area contributed by atoms with E-state index in [1.54, 1.807) is 22.7 Å². The molecule has 1 aromatic carbocycles. The number of hydrogen-bond acceptors (Lipinski definition) is 6. The Morgan fingerprint density at radius 2 is 2.00 bits per heavy atom. The van der Waals surface area contributed by atoms with Crippen LogP contribution in [0, 0.1) is 0 Å². The molecule has 1 amide bonds. The fourth-order valence-corrected chi connectivity index (χ4v) is 5.29. The highest BCUT2D eigenvalue weighted by Crippen LogP contribution is 2.26. The number of amides is 1. The molecule has 0 bridgehead atoms. The van der Waals surface area contributed by atoms with Crippen molar-refractivity contribution in [3.63, 3.8) is 0 Å². The van der Waals surface area contributed by atoms with Crippen molar-refractivity contribution in [3.8, 4) is 0 Å². The Bertz CT molecular complexity index is 967. The average Bonchev–Trinajstić information content (AvgIpc) is 2.69. The van der Waals surface area contributed by atoms with Crippen LogP contribution < -0.4 is 5.32 Å². The predicted molar refractivity (Wildman–Crippen MR) is 110 cm³/mol. The Morgan fingerprint density at radius 1 is 1.29 bits per heavy atom. The van der Waals surface area contributed by atoms with Crippen molar-refractivity contribution in [1.29, 1.82) is 0 Å². The van der Waals surface area contributed by atoms with Crippen molar-refractivity contribution in [3.05, 3.63) is 41.2 Å². The maximum Gasteiger partial charge on any atom is 0.275 e. The highest BCUT2D eigenvalue weighted by Gasteiger charge is 2.30. The molecule has 3 rings (SSSR count). The van der Waals surface area contributed by atoms with E-state index in [-0.39, 0.29) is 21.7 Å². The van der Waals surface area contributed by atoms with Crippen LogP contribution in [0.4, 0.5) is 5.69 Å².